The molecule has 0 atom stereocenters. The number of pyridine rings is 1. The summed E-state index contributed by atoms with van der Waals surface area (Å²) in [4.78, 5) is 15.7. The minimum absolute atomic E-state index is 0.00873. The Labute approximate surface area is 236 Å². The molecular weight excluding hydrogens is 530 g/mol. The number of halogens is 2. The van der Waals surface area contributed by atoms with E-state index < -0.39 is 11.6 Å². The molecule has 41 heavy (non-hydrogen) atoms. The molecule has 0 unspecified atom stereocenters. The van der Waals surface area contributed by atoms with Crippen LogP contribution in [-0.2, 0) is 4.74 Å². The number of rotatable bonds is 7. The summed E-state index contributed by atoms with van der Waals surface area (Å²) < 4.78 is 42.9. The molecule has 11 heteroatoms. The average molecular weight is 561 g/mol. The lowest BCUT2D eigenvalue weighted by Crippen LogP contribution is -2.40. The zero-order valence-electron chi connectivity index (χ0n) is 22.9. The van der Waals surface area contributed by atoms with E-state index in [2.05, 4.69) is 31.2 Å². The second-order valence-corrected chi connectivity index (χ2v) is 10.9. The number of anilines is 1. The molecule has 0 spiro atoms. The minimum atomic E-state index is -0.768. The molecule has 0 bridgehead atoms. The van der Waals surface area contributed by atoms with E-state index in [0.717, 1.165) is 19.4 Å². The first-order chi connectivity index (χ1) is 19.8. The van der Waals surface area contributed by atoms with Gasteiger partial charge in [0, 0.05) is 35.7 Å². The highest BCUT2D eigenvalue weighted by Crippen LogP contribution is 2.46. The van der Waals surface area contributed by atoms with E-state index in [-0.39, 0.29) is 44.9 Å². The zero-order chi connectivity index (χ0) is 28.7. The number of benzene rings is 2. The largest absolute Gasteiger partial charge is 0.508 e. The molecule has 212 valence electrons. The van der Waals surface area contributed by atoms with Crippen molar-refractivity contribution < 1.29 is 23.4 Å². The number of hydrogen-bond donors (Lipinski definition) is 2. The van der Waals surface area contributed by atoms with Crippen molar-refractivity contribution in [3.8, 4) is 35.4 Å². The Balaban J connectivity index is 1.51. The van der Waals surface area contributed by atoms with Crippen LogP contribution in [0.15, 0.2) is 30.5 Å². The Morgan fingerprint density at radius 2 is 2.05 bits per heavy atom. The molecule has 4 aromatic rings. The van der Waals surface area contributed by atoms with E-state index in [1.165, 1.54) is 30.5 Å². The van der Waals surface area contributed by atoms with Crippen LogP contribution in [0.5, 0.6) is 11.8 Å². The van der Waals surface area contributed by atoms with Crippen molar-refractivity contribution in [2.45, 2.75) is 12.8 Å². The molecule has 2 aromatic carbocycles. The third kappa shape index (κ3) is 5.22. The maximum Gasteiger partial charge on any atom is 0.319 e. The fraction of sp³-hybridized carbons (Fsp3) is 0.367. The van der Waals surface area contributed by atoms with E-state index in [9.17, 15) is 9.50 Å². The zero-order valence-corrected chi connectivity index (χ0v) is 22.9. The lowest BCUT2D eigenvalue weighted by atomic mass is 9.96. The molecule has 0 amide bonds. The fourth-order valence-corrected chi connectivity index (χ4v) is 5.42. The van der Waals surface area contributed by atoms with Gasteiger partial charge in [-0.05, 0) is 50.5 Å². The third-order valence-corrected chi connectivity index (χ3v) is 7.47. The Kier molecular flexibility index (Phi) is 7.07. The molecule has 1 saturated heterocycles. The van der Waals surface area contributed by atoms with Crippen molar-refractivity contribution in [1.29, 1.82) is 0 Å². The van der Waals surface area contributed by atoms with Gasteiger partial charge in [-0.2, -0.15) is 9.97 Å². The average Bonchev–Trinajstić information content (AvgIpc) is 3.75. The first-order valence-electron chi connectivity index (χ1n) is 13.4. The van der Waals surface area contributed by atoms with Crippen molar-refractivity contribution in [3.05, 3.63) is 47.7 Å². The molecule has 9 nitrogen and oxygen atoms in total. The molecular formula is C30H30F2N6O3. The molecule has 6 rings (SSSR count). The number of hydrogen-bond acceptors (Lipinski definition) is 9. The van der Waals surface area contributed by atoms with Crippen LogP contribution in [-0.4, -0.2) is 78.5 Å². The van der Waals surface area contributed by atoms with Crippen LogP contribution in [0, 0.1) is 29.4 Å². The highest BCUT2D eigenvalue weighted by atomic mass is 19.1. The Morgan fingerprint density at radius 1 is 1.22 bits per heavy atom. The summed E-state index contributed by atoms with van der Waals surface area (Å²) >= 11 is 0. The van der Waals surface area contributed by atoms with Gasteiger partial charge in [-0.25, -0.2) is 14.2 Å². The lowest BCUT2D eigenvalue weighted by molar-refractivity contribution is 0.158. The number of aromatic hydroxyl groups is 1. The van der Waals surface area contributed by atoms with Gasteiger partial charge in [0.05, 0.1) is 37.3 Å². The normalized spacial score (nSPS) is 16.6. The van der Waals surface area contributed by atoms with Crippen LogP contribution >= 0.6 is 0 Å². The summed E-state index contributed by atoms with van der Waals surface area (Å²) in [6.45, 7) is 3.22. The van der Waals surface area contributed by atoms with Gasteiger partial charge in [0.1, 0.15) is 22.8 Å². The van der Waals surface area contributed by atoms with E-state index in [1.807, 2.05) is 14.1 Å². The van der Waals surface area contributed by atoms with Crippen LogP contribution in [0.2, 0.25) is 0 Å². The summed E-state index contributed by atoms with van der Waals surface area (Å²) in [6.07, 6.45) is 9.16. The summed E-state index contributed by atoms with van der Waals surface area (Å²) in [7, 11) is 4.04. The number of phenols is 1. The van der Waals surface area contributed by atoms with E-state index in [4.69, 9.17) is 15.9 Å². The molecule has 1 aliphatic heterocycles. The highest BCUT2D eigenvalue weighted by Gasteiger charge is 2.44. The Hall–Kier alpha value is -4.11. The molecule has 2 N–H and O–H groups in total. The number of terminal acetylenes is 1. The molecule has 2 aromatic heterocycles. The number of nitrogens with one attached hydrogen (secondary N) is 1. The predicted octanol–water partition coefficient (Wildman–Crippen LogP) is 3.87. The van der Waals surface area contributed by atoms with Crippen LogP contribution in [0.1, 0.15) is 18.4 Å². The summed E-state index contributed by atoms with van der Waals surface area (Å²) in [5, 5.41) is 13.3. The molecule has 0 radical (unpaired) electrons. The maximum atomic E-state index is 16.5. The van der Waals surface area contributed by atoms with Crippen molar-refractivity contribution in [2.24, 2.45) is 5.41 Å². The van der Waals surface area contributed by atoms with Crippen LogP contribution in [0.25, 0.3) is 32.9 Å². The van der Waals surface area contributed by atoms with E-state index in [1.54, 1.807) is 5.01 Å². The predicted molar refractivity (Wildman–Crippen MR) is 152 cm³/mol. The minimum Gasteiger partial charge on any atom is -0.508 e. The first kappa shape index (κ1) is 27.1. The summed E-state index contributed by atoms with van der Waals surface area (Å²) in [5.74, 6) is 1.23. The molecule has 2 fully saturated rings. The van der Waals surface area contributed by atoms with Gasteiger partial charge in [-0.1, -0.05) is 12.0 Å². The summed E-state index contributed by atoms with van der Waals surface area (Å²) in [5.41, 5.74) is 3.22. The maximum absolute atomic E-state index is 16.5. The first-order valence-corrected chi connectivity index (χ1v) is 13.4. The van der Waals surface area contributed by atoms with Gasteiger partial charge in [-0.15, -0.1) is 6.42 Å². The van der Waals surface area contributed by atoms with Gasteiger partial charge in [0.25, 0.3) is 0 Å². The van der Waals surface area contributed by atoms with Crippen LogP contribution in [0.4, 0.5) is 14.6 Å². The smallest absolute Gasteiger partial charge is 0.319 e. The molecule has 1 saturated carbocycles. The lowest BCUT2D eigenvalue weighted by Gasteiger charge is -2.24. The highest BCUT2D eigenvalue weighted by molar-refractivity contribution is 6.03. The standard InChI is InChI=1S/C30H30F2N6O3/c1-4-20-23(31)6-5-18-13-19(39)14-21(24(18)20)26-25(32)27-22(15-33-26)28(38-10-12-40-11-9-34-38)36-29(35-27)41-17-30(7-8-30)16-37(2)3/h1,5-6,13-15,34,39H,7-12,16-17H2,2-3H3. The number of nitrogens with zero attached hydrogens (tertiary/aromatic N) is 5. The SMILES string of the molecule is C#Cc1c(F)ccc2cc(O)cc(-c3ncc4c(N5CCOCCN5)nc(OCC5(CN(C)C)CC5)nc4c3F)c12. The molecule has 1 aliphatic carbocycles. The topological polar surface area (TPSA) is 95.9 Å². The van der Waals surface area contributed by atoms with Crippen molar-refractivity contribution >= 4 is 27.5 Å². The van der Waals surface area contributed by atoms with Crippen molar-refractivity contribution in [3.63, 3.8) is 0 Å². The Bertz CT molecular complexity index is 1680. The van der Waals surface area contributed by atoms with Gasteiger partial charge >= 0.3 is 6.01 Å². The fourth-order valence-electron chi connectivity index (χ4n) is 5.42. The van der Waals surface area contributed by atoms with Gasteiger partial charge in [0.2, 0.25) is 0 Å². The van der Waals surface area contributed by atoms with Crippen molar-refractivity contribution in [1.82, 2.24) is 25.3 Å². The van der Waals surface area contributed by atoms with Gasteiger partial charge < -0.3 is 19.5 Å². The van der Waals surface area contributed by atoms with E-state index in [0.29, 0.717) is 49.5 Å². The molecule has 2 aliphatic rings. The third-order valence-electron chi connectivity index (χ3n) is 7.47. The van der Waals surface area contributed by atoms with Crippen LogP contribution in [0.3, 0.4) is 0 Å². The Morgan fingerprint density at radius 3 is 2.80 bits per heavy atom. The second-order valence-electron chi connectivity index (χ2n) is 10.9. The number of aromatic nitrogens is 3. The number of phenolic OH excluding ortho intramolecular Hbond substituents is 1. The monoisotopic (exact) mass is 560 g/mol. The summed E-state index contributed by atoms with van der Waals surface area (Å²) in [6, 6.07) is 5.50. The number of fused-ring (bicyclic) bond motifs is 2. The van der Waals surface area contributed by atoms with Crippen molar-refractivity contribution in [2.75, 3.05) is 58.6 Å². The number of ether oxygens (including phenoxy) is 2. The second kappa shape index (κ2) is 10.7. The van der Waals surface area contributed by atoms with Gasteiger partial charge in [-0.3, -0.25) is 9.99 Å². The quantitative estimate of drug-likeness (QED) is 0.327. The number of hydrazine groups is 1. The van der Waals surface area contributed by atoms with E-state index >= 15 is 4.39 Å². The van der Waals surface area contributed by atoms with Crippen LogP contribution < -0.4 is 15.2 Å². The van der Waals surface area contributed by atoms with Gasteiger partial charge in [0.15, 0.2) is 11.6 Å². The molecule has 3 heterocycles.